The minimum atomic E-state index is -0.741. The van der Waals surface area contributed by atoms with E-state index in [1.807, 2.05) is 4.90 Å². The Bertz CT molecular complexity index is 747. The maximum Gasteiger partial charge on any atom is 0.338 e. The van der Waals surface area contributed by atoms with Crippen molar-refractivity contribution >= 4 is 23.3 Å². The largest absolute Gasteiger partial charge is 0.452 e. The Morgan fingerprint density at radius 3 is 2.71 bits per heavy atom. The molecule has 2 aliphatic rings. The number of carbonyl (C=O) groups is 2. The number of morpholine rings is 1. The molecule has 0 radical (unpaired) electrons. The number of anilines is 1. The van der Waals surface area contributed by atoms with E-state index in [4.69, 9.17) is 9.47 Å². The lowest BCUT2D eigenvalue weighted by Gasteiger charge is -2.30. The number of esters is 1. The second-order valence-electron chi connectivity index (χ2n) is 7.22. The molecule has 1 aromatic carbocycles. The van der Waals surface area contributed by atoms with Crippen molar-refractivity contribution in [1.82, 2.24) is 4.90 Å². The number of piperidine rings is 1. The fraction of sp³-hybridized carbons (Fsp3) is 0.579. The molecule has 1 unspecified atom stereocenters. The van der Waals surface area contributed by atoms with E-state index in [0.717, 1.165) is 12.8 Å². The number of carbonyl (C=O) groups excluding carboxylic acids is 2. The van der Waals surface area contributed by atoms with Crippen molar-refractivity contribution in [2.45, 2.75) is 19.8 Å². The van der Waals surface area contributed by atoms with Gasteiger partial charge < -0.3 is 19.3 Å². The van der Waals surface area contributed by atoms with E-state index in [0.29, 0.717) is 51.0 Å². The molecule has 9 heteroatoms. The summed E-state index contributed by atoms with van der Waals surface area (Å²) in [5, 5.41) is 11.5. The number of hydrogen-bond donors (Lipinski definition) is 0. The molecule has 0 N–H and O–H groups in total. The van der Waals surface area contributed by atoms with Crippen LogP contribution in [0.1, 0.15) is 30.1 Å². The van der Waals surface area contributed by atoms with Crippen molar-refractivity contribution in [2.75, 3.05) is 50.9 Å². The predicted molar refractivity (Wildman–Crippen MR) is 101 cm³/mol. The van der Waals surface area contributed by atoms with Crippen molar-refractivity contribution in [1.29, 1.82) is 0 Å². The Labute approximate surface area is 163 Å². The smallest absolute Gasteiger partial charge is 0.338 e. The van der Waals surface area contributed by atoms with Crippen molar-refractivity contribution < 1.29 is 24.0 Å². The van der Waals surface area contributed by atoms with Gasteiger partial charge in [0.15, 0.2) is 6.61 Å². The van der Waals surface area contributed by atoms with Gasteiger partial charge >= 0.3 is 5.97 Å². The maximum atomic E-state index is 12.3. The fourth-order valence-corrected chi connectivity index (χ4v) is 3.59. The summed E-state index contributed by atoms with van der Waals surface area (Å²) >= 11 is 0. The number of nitro benzene ring substituents is 1. The molecule has 1 amide bonds. The first-order chi connectivity index (χ1) is 13.5. The number of amides is 1. The highest BCUT2D eigenvalue weighted by atomic mass is 16.6. The lowest BCUT2D eigenvalue weighted by atomic mass is 10.0. The molecular weight excluding hydrogens is 366 g/mol. The minimum absolute atomic E-state index is 0.0588. The van der Waals surface area contributed by atoms with Gasteiger partial charge in [0, 0.05) is 32.2 Å². The number of benzene rings is 1. The Morgan fingerprint density at radius 2 is 2.04 bits per heavy atom. The van der Waals surface area contributed by atoms with Gasteiger partial charge in [0.1, 0.15) is 5.69 Å². The molecule has 3 rings (SSSR count). The van der Waals surface area contributed by atoms with Crippen LogP contribution >= 0.6 is 0 Å². The van der Waals surface area contributed by atoms with E-state index in [2.05, 4.69) is 6.92 Å². The van der Waals surface area contributed by atoms with Gasteiger partial charge in [0.05, 0.1) is 23.7 Å². The molecule has 0 aromatic heterocycles. The van der Waals surface area contributed by atoms with Crippen LogP contribution in [0.3, 0.4) is 0 Å². The number of rotatable bonds is 5. The van der Waals surface area contributed by atoms with E-state index in [-0.39, 0.29) is 23.8 Å². The lowest BCUT2D eigenvalue weighted by molar-refractivity contribution is -0.384. The van der Waals surface area contributed by atoms with Crippen LogP contribution in [0.2, 0.25) is 0 Å². The summed E-state index contributed by atoms with van der Waals surface area (Å²) < 4.78 is 10.4. The van der Waals surface area contributed by atoms with Crippen molar-refractivity contribution in [3.63, 3.8) is 0 Å². The summed E-state index contributed by atoms with van der Waals surface area (Å²) in [4.78, 5) is 39.1. The van der Waals surface area contributed by atoms with Crippen LogP contribution in [0.25, 0.3) is 0 Å². The maximum absolute atomic E-state index is 12.3. The molecule has 152 valence electrons. The number of ether oxygens (including phenoxy) is 2. The summed E-state index contributed by atoms with van der Waals surface area (Å²) in [5.74, 6) is -0.543. The summed E-state index contributed by atoms with van der Waals surface area (Å²) in [6.45, 7) is 5.15. The molecule has 0 spiro atoms. The first-order valence-electron chi connectivity index (χ1n) is 9.51. The predicted octanol–water partition coefficient (Wildman–Crippen LogP) is 1.85. The second-order valence-corrected chi connectivity index (χ2v) is 7.22. The highest BCUT2D eigenvalue weighted by molar-refractivity contribution is 5.93. The van der Waals surface area contributed by atoms with Crippen LogP contribution in [0, 0.1) is 16.0 Å². The zero-order chi connectivity index (χ0) is 20.1. The second kappa shape index (κ2) is 9.01. The first kappa shape index (κ1) is 20.1. The first-order valence-corrected chi connectivity index (χ1v) is 9.51. The third-order valence-electron chi connectivity index (χ3n) is 5.10. The number of hydrogen-bond acceptors (Lipinski definition) is 7. The number of nitro groups is 1. The monoisotopic (exact) mass is 391 g/mol. The standard InChI is InChI=1S/C19H25N3O6/c1-14-3-2-6-21(12-14)18(23)13-28-19(24)15-4-5-16(17(11-15)22(25)26)20-7-9-27-10-8-20/h4-5,11,14H,2-3,6-10,12-13H2,1H3. The Hall–Kier alpha value is -2.68. The topological polar surface area (TPSA) is 102 Å². The molecule has 2 fully saturated rings. The summed E-state index contributed by atoms with van der Waals surface area (Å²) in [5.41, 5.74) is 0.347. The molecular formula is C19H25N3O6. The van der Waals surface area contributed by atoms with Crippen LogP contribution in [0.15, 0.2) is 18.2 Å². The van der Waals surface area contributed by atoms with Gasteiger partial charge in [-0.3, -0.25) is 14.9 Å². The van der Waals surface area contributed by atoms with E-state index >= 15 is 0 Å². The zero-order valence-electron chi connectivity index (χ0n) is 16.0. The van der Waals surface area contributed by atoms with Crippen molar-refractivity contribution in [3.05, 3.63) is 33.9 Å². The van der Waals surface area contributed by atoms with Crippen molar-refractivity contribution in [3.8, 4) is 0 Å². The van der Waals surface area contributed by atoms with Gasteiger partial charge in [-0.1, -0.05) is 6.92 Å². The quantitative estimate of drug-likeness (QED) is 0.429. The van der Waals surface area contributed by atoms with E-state index in [1.165, 1.54) is 12.1 Å². The number of nitrogens with zero attached hydrogens (tertiary/aromatic N) is 3. The van der Waals surface area contributed by atoms with Crippen molar-refractivity contribution in [2.24, 2.45) is 5.92 Å². The number of likely N-dealkylation sites (tertiary alicyclic amines) is 1. The van der Waals surface area contributed by atoms with Crippen LogP contribution in [-0.2, 0) is 14.3 Å². The molecule has 9 nitrogen and oxygen atoms in total. The Morgan fingerprint density at radius 1 is 1.29 bits per heavy atom. The zero-order valence-corrected chi connectivity index (χ0v) is 16.0. The molecule has 28 heavy (non-hydrogen) atoms. The average molecular weight is 391 g/mol. The molecule has 0 aliphatic carbocycles. The third kappa shape index (κ3) is 4.78. The minimum Gasteiger partial charge on any atom is -0.452 e. The van der Waals surface area contributed by atoms with Gasteiger partial charge in [0.2, 0.25) is 0 Å². The van der Waals surface area contributed by atoms with Gasteiger partial charge in [-0.15, -0.1) is 0 Å². The van der Waals surface area contributed by atoms with Crippen LogP contribution in [-0.4, -0.2) is 67.7 Å². The Kier molecular flexibility index (Phi) is 6.45. The summed E-state index contributed by atoms with van der Waals surface area (Å²) in [7, 11) is 0. The van der Waals surface area contributed by atoms with E-state index < -0.39 is 10.9 Å². The molecule has 1 aromatic rings. The highest BCUT2D eigenvalue weighted by Crippen LogP contribution is 2.30. The third-order valence-corrected chi connectivity index (χ3v) is 5.10. The van der Waals surface area contributed by atoms with Crippen LogP contribution < -0.4 is 4.90 Å². The van der Waals surface area contributed by atoms with Crippen LogP contribution in [0.5, 0.6) is 0 Å². The fourth-order valence-electron chi connectivity index (χ4n) is 3.59. The highest BCUT2D eigenvalue weighted by Gasteiger charge is 2.25. The molecule has 2 heterocycles. The van der Waals surface area contributed by atoms with E-state index in [1.54, 1.807) is 11.0 Å². The van der Waals surface area contributed by atoms with Gasteiger partial charge in [-0.05, 0) is 30.9 Å². The normalized spacial score (nSPS) is 20.0. The SMILES string of the molecule is CC1CCCN(C(=O)COC(=O)c2ccc(N3CCOCC3)c([N+](=O)[O-])c2)C1. The molecule has 1 atom stereocenters. The van der Waals surface area contributed by atoms with Crippen LogP contribution in [0.4, 0.5) is 11.4 Å². The molecule has 2 saturated heterocycles. The Balaban J connectivity index is 1.65. The summed E-state index contributed by atoms with van der Waals surface area (Å²) in [6.07, 6.45) is 2.03. The summed E-state index contributed by atoms with van der Waals surface area (Å²) in [6, 6.07) is 4.25. The molecule has 0 saturated carbocycles. The average Bonchev–Trinajstić information content (AvgIpc) is 2.72. The molecule has 0 bridgehead atoms. The molecule has 2 aliphatic heterocycles. The van der Waals surface area contributed by atoms with E-state index in [9.17, 15) is 19.7 Å². The van der Waals surface area contributed by atoms with Gasteiger partial charge in [-0.2, -0.15) is 0 Å². The van der Waals surface area contributed by atoms with Gasteiger partial charge in [-0.25, -0.2) is 4.79 Å². The lowest BCUT2D eigenvalue weighted by Crippen LogP contribution is -2.41. The van der Waals surface area contributed by atoms with Gasteiger partial charge in [0.25, 0.3) is 11.6 Å².